The molecule has 0 spiro atoms. The van der Waals surface area contributed by atoms with Crippen molar-refractivity contribution in [3.63, 3.8) is 0 Å². The third kappa shape index (κ3) is 1.66. The quantitative estimate of drug-likeness (QED) is 0.701. The second-order valence-corrected chi connectivity index (χ2v) is 5.98. The van der Waals surface area contributed by atoms with E-state index in [4.69, 9.17) is 0 Å². The van der Waals surface area contributed by atoms with E-state index in [1.807, 2.05) is 12.4 Å². The van der Waals surface area contributed by atoms with Crippen LogP contribution in [0, 0.1) is 11.3 Å². The van der Waals surface area contributed by atoms with Gasteiger partial charge in [0.05, 0.1) is 11.4 Å². The van der Waals surface area contributed by atoms with Crippen molar-refractivity contribution >= 4 is 0 Å². The van der Waals surface area contributed by atoms with Crippen LogP contribution < -0.4 is 0 Å². The number of rotatable bonds is 1. The lowest BCUT2D eigenvalue weighted by Gasteiger charge is -2.33. The molecule has 2 heteroatoms. The lowest BCUT2D eigenvalue weighted by molar-refractivity contribution is 0.255. The summed E-state index contributed by atoms with van der Waals surface area (Å²) in [4.78, 5) is 8.95. The fraction of sp³-hybridized carbons (Fsp3) is 0.692. The molecular weight excluding hydrogens is 184 g/mol. The number of fused-ring (bicyclic) bond motifs is 2. The minimum absolute atomic E-state index is 0.264. The van der Waals surface area contributed by atoms with Gasteiger partial charge in [0.2, 0.25) is 0 Å². The van der Waals surface area contributed by atoms with Crippen molar-refractivity contribution in [3.8, 4) is 0 Å². The zero-order valence-corrected chi connectivity index (χ0v) is 10.3. The summed E-state index contributed by atoms with van der Waals surface area (Å²) >= 11 is 0. The third-order valence-corrected chi connectivity index (χ3v) is 3.34. The summed E-state index contributed by atoms with van der Waals surface area (Å²) in [6.07, 6.45) is 3.86. The largest absolute Gasteiger partial charge is 0.261 e. The van der Waals surface area contributed by atoms with E-state index in [9.17, 15) is 0 Å². The first kappa shape index (κ1) is 10.6. The van der Waals surface area contributed by atoms with E-state index in [0.717, 1.165) is 0 Å². The molecule has 0 fully saturated rings. The summed E-state index contributed by atoms with van der Waals surface area (Å²) < 4.78 is 0. The van der Waals surface area contributed by atoms with Gasteiger partial charge in [-0.3, -0.25) is 9.97 Å². The van der Waals surface area contributed by atoms with Crippen LogP contribution in [-0.4, -0.2) is 9.97 Å². The predicted octanol–water partition coefficient (Wildman–Crippen LogP) is 3.36. The Kier molecular flexibility index (Phi) is 2.32. The second kappa shape index (κ2) is 3.29. The zero-order valence-electron chi connectivity index (χ0n) is 10.3. The highest BCUT2D eigenvalue weighted by Crippen LogP contribution is 2.50. The first-order chi connectivity index (χ1) is 6.91. The van der Waals surface area contributed by atoms with Gasteiger partial charge >= 0.3 is 0 Å². The lowest BCUT2D eigenvalue weighted by Crippen LogP contribution is -2.24. The molecule has 2 unspecified atom stereocenters. The Morgan fingerprint density at radius 1 is 1.13 bits per heavy atom. The van der Waals surface area contributed by atoms with E-state index in [-0.39, 0.29) is 5.41 Å². The lowest BCUT2D eigenvalue weighted by atomic mass is 9.69. The van der Waals surface area contributed by atoms with Crippen LogP contribution in [0.3, 0.4) is 0 Å². The van der Waals surface area contributed by atoms with Gasteiger partial charge in [-0.1, -0.05) is 34.6 Å². The van der Waals surface area contributed by atoms with Gasteiger partial charge < -0.3 is 0 Å². The summed E-state index contributed by atoms with van der Waals surface area (Å²) in [7, 11) is 0. The molecule has 1 aromatic heterocycles. The monoisotopic (exact) mass is 204 g/mol. The summed E-state index contributed by atoms with van der Waals surface area (Å²) in [6.45, 7) is 11.4. The van der Waals surface area contributed by atoms with Crippen LogP contribution in [0.15, 0.2) is 12.4 Å². The number of aromatic nitrogens is 2. The molecule has 2 atom stereocenters. The summed E-state index contributed by atoms with van der Waals surface area (Å²) in [5, 5.41) is 0. The van der Waals surface area contributed by atoms with Crippen LogP contribution in [0.5, 0.6) is 0 Å². The Bertz CT molecular complexity index is 363. The Balaban J connectivity index is 2.45. The van der Waals surface area contributed by atoms with Crippen molar-refractivity contribution in [2.24, 2.45) is 11.3 Å². The number of nitrogens with zero attached hydrogens (tertiary/aromatic N) is 2. The molecular formula is C13H20N2. The highest BCUT2D eigenvalue weighted by Gasteiger charge is 2.42. The van der Waals surface area contributed by atoms with Gasteiger partial charge in [0.15, 0.2) is 0 Å². The summed E-state index contributed by atoms with van der Waals surface area (Å²) in [5.74, 6) is 1.70. The van der Waals surface area contributed by atoms with Gasteiger partial charge in [-0.2, -0.15) is 0 Å². The van der Waals surface area contributed by atoms with Crippen molar-refractivity contribution in [2.75, 3.05) is 0 Å². The standard InChI is InChI=1S/C13H20N2/c1-8(2)11-9-6-14-7-10(15-9)12(11)13(3,4)5/h6-8,11-12H,1-5H3. The SMILES string of the molecule is CC(C)C1c2cncc(n2)C1C(C)(C)C. The summed E-state index contributed by atoms with van der Waals surface area (Å²) in [5.41, 5.74) is 2.63. The molecule has 0 saturated heterocycles. The second-order valence-electron chi connectivity index (χ2n) is 5.98. The maximum Gasteiger partial charge on any atom is 0.0633 e. The molecule has 2 rings (SSSR count). The molecule has 1 aliphatic rings. The predicted molar refractivity (Wildman–Crippen MR) is 61.8 cm³/mol. The topological polar surface area (TPSA) is 25.8 Å². The fourth-order valence-electron chi connectivity index (χ4n) is 2.77. The van der Waals surface area contributed by atoms with Crippen LogP contribution in [0.4, 0.5) is 0 Å². The average molecular weight is 204 g/mol. The van der Waals surface area contributed by atoms with Crippen LogP contribution in [-0.2, 0) is 0 Å². The molecule has 0 N–H and O–H groups in total. The summed E-state index contributed by atoms with van der Waals surface area (Å²) in [6, 6.07) is 0. The normalized spacial score (nSPS) is 24.9. The van der Waals surface area contributed by atoms with Gasteiger partial charge in [-0.15, -0.1) is 0 Å². The van der Waals surface area contributed by atoms with E-state index in [1.165, 1.54) is 11.4 Å². The molecule has 1 aromatic rings. The van der Waals surface area contributed by atoms with E-state index in [1.54, 1.807) is 0 Å². The molecule has 2 nitrogen and oxygen atoms in total. The van der Waals surface area contributed by atoms with Crippen molar-refractivity contribution < 1.29 is 0 Å². The molecule has 1 aliphatic heterocycles. The number of hydrogen-bond donors (Lipinski definition) is 0. The van der Waals surface area contributed by atoms with Gasteiger partial charge in [0, 0.05) is 24.2 Å². The maximum absolute atomic E-state index is 4.67. The fourth-order valence-corrected chi connectivity index (χ4v) is 2.77. The first-order valence-corrected chi connectivity index (χ1v) is 5.73. The van der Waals surface area contributed by atoms with Crippen molar-refractivity contribution in [1.82, 2.24) is 9.97 Å². The first-order valence-electron chi connectivity index (χ1n) is 5.73. The van der Waals surface area contributed by atoms with Crippen molar-refractivity contribution in [1.29, 1.82) is 0 Å². The molecule has 0 radical (unpaired) electrons. The molecule has 82 valence electrons. The van der Waals surface area contributed by atoms with Crippen molar-refractivity contribution in [3.05, 3.63) is 23.8 Å². The number of hydrogen-bond acceptors (Lipinski definition) is 2. The molecule has 2 bridgehead atoms. The average Bonchev–Trinajstić information content (AvgIpc) is 2.36. The van der Waals surface area contributed by atoms with Crippen LogP contribution >= 0.6 is 0 Å². The Labute approximate surface area is 92.1 Å². The molecule has 15 heavy (non-hydrogen) atoms. The van der Waals surface area contributed by atoms with Gasteiger partial charge in [0.25, 0.3) is 0 Å². The van der Waals surface area contributed by atoms with Crippen molar-refractivity contribution in [2.45, 2.75) is 46.5 Å². The van der Waals surface area contributed by atoms with Gasteiger partial charge in [0.1, 0.15) is 0 Å². The van der Waals surface area contributed by atoms with Crippen LogP contribution in [0.2, 0.25) is 0 Å². The molecule has 0 saturated carbocycles. The van der Waals surface area contributed by atoms with E-state index < -0.39 is 0 Å². The van der Waals surface area contributed by atoms with Crippen LogP contribution in [0.1, 0.15) is 57.8 Å². The minimum Gasteiger partial charge on any atom is -0.261 e. The Hall–Kier alpha value is -0.920. The maximum atomic E-state index is 4.67. The zero-order chi connectivity index (χ0) is 11.2. The van der Waals surface area contributed by atoms with Crippen LogP contribution in [0.25, 0.3) is 0 Å². The van der Waals surface area contributed by atoms with E-state index in [2.05, 4.69) is 44.6 Å². The smallest absolute Gasteiger partial charge is 0.0633 e. The van der Waals surface area contributed by atoms with Gasteiger partial charge in [-0.25, -0.2) is 0 Å². The molecule has 2 heterocycles. The van der Waals surface area contributed by atoms with E-state index >= 15 is 0 Å². The highest BCUT2D eigenvalue weighted by molar-refractivity contribution is 5.27. The molecule has 0 aliphatic carbocycles. The third-order valence-electron chi connectivity index (χ3n) is 3.34. The molecule has 0 aromatic carbocycles. The highest BCUT2D eigenvalue weighted by atomic mass is 14.9. The Morgan fingerprint density at radius 3 is 2.27 bits per heavy atom. The van der Waals surface area contributed by atoms with Gasteiger partial charge in [-0.05, 0) is 11.3 Å². The Morgan fingerprint density at radius 2 is 1.73 bits per heavy atom. The van der Waals surface area contributed by atoms with E-state index in [0.29, 0.717) is 17.8 Å². The molecule has 0 amide bonds. The minimum atomic E-state index is 0.264.